The maximum absolute atomic E-state index is 13.0. The van der Waals surface area contributed by atoms with E-state index in [4.69, 9.17) is 37.7 Å². The second-order valence-electron chi connectivity index (χ2n) is 8.19. The minimum atomic E-state index is -5.97. The number of phosphoric acid groups is 1. The number of carbonyl (C=O) groups excluding carboxylic acids is 1. The maximum Gasteiger partial charge on any atom is 0.479 e. The van der Waals surface area contributed by atoms with Crippen LogP contribution in [0.1, 0.15) is 16.6 Å². The van der Waals surface area contributed by atoms with Gasteiger partial charge in [-0.2, -0.15) is 0 Å². The van der Waals surface area contributed by atoms with Crippen LogP contribution in [0.4, 0.5) is 0 Å². The molecule has 0 bridgehead atoms. The van der Waals surface area contributed by atoms with E-state index in [0.717, 1.165) is 12.3 Å². The SMILES string of the molecule is O=C(Cn1c(=O)ccn([C@@H]2O[C@H](COP(=O)(O)OP(=O)(O)C(Cl)(Cl)P(=O)(O)O)[C@@H](O)[C@H]2O)c1=O)c1ccccc1. The molecule has 2 aromatic rings. The fourth-order valence-electron chi connectivity index (χ4n) is 3.37. The molecule has 0 amide bonds. The zero-order chi connectivity index (χ0) is 30.3. The normalized spacial score (nSPS) is 24.8. The number of ether oxygens (including phenoxy) is 1. The number of aliphatic hydroxyl groups excluding tert-OH is 2. The number of halogens is 2. The lowest BCUT2D eigenvalue weighted by molar-refractivity contribution is -0.0546. The molecular formula is C18H21Cl2N2O15P3. The molecule has 6 atom stereocenters. The fourth-order valence-corrected chi connectivity index (χ4v) is 7.61. The number of nitrogens with zero attached hydrogens (tertiary/aromatic N) is 2. The molecule has 1 saturated heterocycles. The van der Waals surface area contributed by atoms with Crippen molar-refractivity contribution in [1.82, 2.24) is 9.13 Å². The molecule has 1 aliphatic heterocycles. The predicted molar refractivity (Wildman–Crippen MR) is 135 cm³/mol. The standard InChI is InChI=1S/C18H21Cl2N2O15P3/c19-18(20,38(28,29)30)39(31,32)37-40(33,34)35-9-12-14(25)15(26)16(36-12)21-7-6-13(24)22(17(21)27)8-11(23)10-4-2-1-3-5-10/h1-7,12,14-16,25-26H,8-9H2,(H,31,32)(H,33,34)(H2,28,29,30)/t12-,14-,15-,16-/m1/s1. The Hall–Kier alpha value is -1.52. The third kappa shape index (κ3) is 6.92. The number of alkyl halides is 2. The quantitative estimate of drug-likeness (QED) is 0.105. The second-order valence-corrected chi connectivity index (χ2v) is 16.2. The lowest BCUT2D eigenvalue weighted by Crippen LogP contribution is -2.44. The zero-order valence-electron chi connectivity index (χ0n) is 19.6. The summed E-state index contributed by atoms with van der Waals surface area (Å²) in [6.07, 6.45) is -6.34. The average Bonchev–Trinajstić information content (AvgIpc) is 3.13. The van der Waals surface area contributed by atoms with Gasteiger partial charge in [0.2, 0.25) is 0 Å². The first-order valence-electron chi connectivity index (χ1n) is 10.7. The molecule has 17 nitrogen and oxygen atoms in total. The van der Waals surface area contributed by atoms with Crippen molar-refractivity contribution in [2.75, 3.05) is 6.61 Å². The van der Waals surface area contributed by atoms with Crippen molar-refractivity contribution in [3.05, 3.63) is 69.0 Å². The van der Waals surface area contributed by atoms with Crippen molar-refractivity contribution in [2.24, 2.45) is 0 Å². The van der Waals surface area contributed by atoms with E-state index in [1.165, 1.54) is 12.1 Å². The predicted octanol–water partition coefficient (Wildman–Crippen LogP) is 0.0977. The Balaban J connectivity index is 1.77. The number of ketones is 1. The Bertz CT molecular complexity index is 1520. The summed E-state index contributed by atoms with van der Waals surface area (Å²) in [5.41, 5.74) is -1.78. The molecule has 1 aromatic carbocycles. The van der Waals surface area contributed by atoms with Crippen molar-refractivity contribution >= 4 is 52.0 Å². The molecule has 3 rings (SSSR count). The number of aromatic nitrogens is 2. The van der Waals surface area contributed by atoms with Gasteiger partial charge >= 0.3 is 32.5 Å². The van der Waals surface area contributed by atoms with Crippen LogP contribution >= 0.6 is 46.2 Å². The Kier molecular flexibility index (Phi) is 9.89. The third-order valence-electron chi connectivity index (χ3n) is 5.41. The molecule has 2 heterocycles. The highest BCUT2D eigenvalue weighted by atomic mass is 35.5. The van der Waals surface area contributed by atoms with Gasteiger partial charge < -0.3 is 34.5 Å². The van der Waals surface area contributed by atoms with E-state index in [-0.39, 0.29) is 5.56 Å². The summed E-state index contributed by atoms with van der Waals surface area (Å²) in [7, 11) is -17.4. The van der Waals surface area contributed by atoms with Gasteiger partial charge in [-0.25, -0.2) is 13.7 Å². The smallest absolute Gasteiger partial charge is 0.387 e. The van der Waals surface area contributed by atoms with Crippen molar-refractivity contribution in [3.63, 3.8) is 0 Å². The van der Waals surface area contributed by atoms with Crippen LogP contribution in [0.2, 0.25) is 0 Å². The number of hydrogen-bond acceptors (Lipinski definition) is 11. The van der Waals surface area contributed by atoms with E-state index in [0.29, 0.717) is 9.13 Å². The van der Waals surface area contributed by atoms with Crippen molar-refractivity contribution < 1.29 is 61.8 Å². The number of benzene rings is 1. The third-order valence-corrected chi connectivity index (χ3v) is 13.1. The largest absolute Gasteiger partial charge is 0.479 e. The highest BCUT2D eigenvalue weighted by Crippen LogP contribution is 2.79. The Labute approximate surface area is 233 Å². The summed E-state index contributed by atoms with van der Waals surface area (Å²) >= 11 is 10.3. The first-order chi connectivity index (χ1) is 18.3. The number of aliphatic hydroxyl groups is 2. The van der Waals surface area contributed by atoms with Crippen molar-refractivity contribution in [2.45, 2.75) is 34.9 Å². The lowest BCUT2D eigenvalue weighted by atomic mass is 10.1. The summed E-state index contributed by atoms with van der Waals surface area (Å²) < 4.78 is 46.5. The number of rotatable bonds is 11. The van der Waals surface area contributed by atoms with Crippen molar-refractivity contribution in [3.8, 4) is 0 Å². The van der Waals surface area contributed by atoms with Gasteiger partial charge in [-0.3, -0.25) is 32.4 Å². The molecule has 0 saturated carbocycles. The molecule has 0 radical (unpaired) electrons. The first kappa shape index (κ1) is 33.0. The molecule has 0 aliphatic carbocycles. The molecule has 2 unspecified atom stereocenters. The summed E-state index contributed by atoms with van der Waals surface area (Å²) in [6.45, 7) is -1.83. The maximum atomic E-state index is 13.0. The van der Waals surface area contributed by atoms with Gasteiger partial charge in [0.05, 0.1) is 13.2 Å². The van der Waals surface area contributed by atoms with E-state index in [9.17, 15) is 48.1 Å². The lowest BCUT2D eigenvalue weighted by Gasteiger charge is -2.26. The molecule has 40 heavy (non-hydrogen) atoms. The average molecular weight is 669 g/mol. The summed E-state index contributed by atoms with van der Waals surface area (Å²) in [6, 6.07) is 8.60. The Morgan fingerprint density at radius 2 is 1.60 bits per heavy atom. The van der Waals surface area contributed by atoms with Crippen LogP contribution in [0, 0.1) is 0 Å². The Morgan fingerprint density at radius 1 is 1.00 bits per heavy atom. The number of Topliss-reactive ketones (excluding diaryl/α,β-unsaturated/α-hetero) is 1. The summed E-state index contributed by atoms with van der Waals surface area (Å²) in [5.74, 6) is -0.590. The van der Waals surface area contributed by atoms with E-state index >= 15 is 0 Å². The van der Waals surface area contributed by atoms with Crippen LogP contribution in [-0.4, -0.2) is 73.4 Å². The first-order valence-corrected chi connectivity index (χ1v) is 16.1. The molecule has 6 N–H and O–H groups in total. The zero-order valence-corrected chi connectivity index (χ0v) is 23.8. The van der Waals surface area contributed by atoms with Gasteiger partial charge in [0, 0.05) is 17.8 Å². The monoisotopic (exact) mass is 668 g/mol. The van der Waals surface area contributed by atoms with Crippen LogP contribution in [-0.2, 0) is 33.8 Å². The highest BCUT2D eigenvalue weighted by molar-refractivity contribution is 7.81. The molecule has 0 spiro atoms. The van der Waals surface area contributed by atoms with Crippen LogP contribution < -0.4 is 11.2 Å². The van der Waals surface area contributed by atoms with E-state index < -0.39 is 81.6 Å². The van der Waals surface area contributed by atoms with Crippen LogP contribution in [0.5, 0.6) is 0 Å². The van der Waals surface area contributed by atoms with E-state index in [1.54, 1.807) is 18.2 Å². The van der Waals surface area contributed by atoms with Crippen LogP contribution in [0.25, 0.3) is 0 Å². The van der Waals surface area contributed by atoms with Gasteiger partial charge in [-0.1, -0.05) is 53.5 Å². The molecule has 1 aliphatic rings. The van der Waals surface area contributed by atoms with Gasteiger partial charge in [0.1, 0.15) is 18.3 Å². The number of carbonyl (C=O) groups is 1. The topological polar surface area (TPSA) is 261 Å². The second kappa shape index (κ2) is 12.0. The van der Waals surface area contributed by atoms with Gasteiger partial charge in [-0.05, 0) is 0 Å². The number of phosphoric ester groups is 1. The van der Waals surface area contributed by atoms with Crippen LogP contribution in [0.15, 0.2) is 52.2 Å². The molecular weight excluding hydrogens is 648 g/mol. The summed E-state index contributed by atoms with van der Waals surface area (Å²) in [5, 5.41) is 20.7. The minimum absolute atomic E-state index is 0.207. The van der Waals surface area contributed by atoms with Crippen LogP contribution in [0.3, 0.4) is 0 Å². The molecule has 1 fully saturated rings. The van der Waals surface area contributed by atoms with Gasteiger partial charge in [0.15, 0.2) is 12.0 Å². The fraction of sp³-hybridized carbons (Fsp3) is 0.389. The summed E-state index contributed by atoms with van der Waals surface area (Å²) in [4.78, 5) is 75.2. The van der Waals surface area contributed by atoms with E-state index in [1.807, 2.05) is 0 Å². The van der Waals surface area contributed by atoms with Gasteiger partial charge in [0.25, 0.3) is 5.56 Å². The number of hydrogen-bond donors (Lipinski definition) is 6. The van der Waals surface area contributed by atoms with Gasteiger partial charge in [-0.15, -0.1) is 0 Å². The molecule has 222 valence electrons. The molecule has 1 aromatic heterocycles. The van der Waals surface area contributed by atoms with E-state index in [2.05, 4.69) is 8.83 Å². The molecule has 22 heteroatoms. The minimum Gasteiger partial charge on any atom is -0.387 e. The Morgan fingerprint density at radius 3 is 2.17 bits per heavy atom. The highest BCUT2D eigenvalue weighted by Gasteiger charge is 2.62. The van der Waals surface area contributed by atoms with Crippen molar-refractivity contribution in [1.29, 1.82) is 0 Å².